The van der Waals surface area contributed by atoms with E-state index in [0.717, 1.165) is 53.0 Å². The molecule has 0 atom stereocenters. The van der Waals surface area contributed by atoms with E-state index >= 15 is 0 Å². The summed E-state index contributed by atoms with van der Waals surface area (Å²) in [5.74, 6) is 1.72. The molecule has 0 aliphatic heterocycles. The molecule has 0 aromatic heterocycles. The van der Waals surface area contributed by atoms with E-state index in [9.17, 15) is 23.1 Å². The van der Waals surface area contributed by atoms with Crippen molar-refractivity contribution < 1.29 is 161 Å². The molecule has 4 rings (SSSR count). The normalized spacial score (nSPS) is 12.8. The Labute approximate surface area is 367 Å². The van der Waals surface area contributed by atoms with Gasteiger partial charge >= 0.3 is 115 Å². The topological polar surface area (TPSA) is 175 Å². The number of halogens is 2. The monoisotopic (exact) mass is 832 g/mol. The maximum Gasteiger partial charge on any atom is 1.00 e. The number of hydrogen-bond donors (Lipinski definition) is 1. The van der Waals surface area contributed by atoms with Gasteiger partial charge in [0.25, 0.3) is 16.6 Å². The Morgan fingerprint density at radius 2 is 1.36 bits per heavy atom. The molecule has 2 aromatic rings. The SMILES string of the molecule is COC(=O)Cc1ccc(O)c(Br)c1.COC(=O)Cc1ccc(OCC2CC2)c(Br)c1.CS(=O)(=O)OCC1CC1.O=CO[O-].[H-].[K+].[K+]. The minimum absolute atomic E-state index is 0. The van der Waals surface area contributed by atoms with E-state index in [1.54, 1.807) is 12.1 Å². The molecule has 1 N–H and O–H groups in total. The number of phenolic OH excluding ortho intramolecular Hbond substituents is 1. The van der Waals surface area contributed by atoms with Gasteiger partial charge in [-0.05, 0) is 105 Å². The first kappa shape index (κ1) is 47.7. The van der Waals surface area contributed by atoms with Crippen molar-refractivity contribution in [1.82, 2.24) is 0 Å². The van der Waals surface area contributed by atoms with Crippen molar-refractivity contribution >= 4 is 60.4 Å². The van der Waals surface area contributed by atoms with Gasteiger partial charge < -0.3 is 30.9 Å². The molecule has 0 bridgehead atoms. The van der Waals surface area contributed by atoms with Gasteiger partial charge in [-0.3, -0.25) is 18.6 Å². The zero-order valence-electron chi connectivity index (χ0n) is 27.0. The summed E-state index contributed by atoms with van der Waals surface area (Å²) in [5, 5.41) is 17.6. The molecule has 17 heteroatoms. The molecule has 0 saturated heterocycles. The number of carbonyl (C=O) groups excluding carboxylic acids is 3. The van der Waals surface area contributed by atoms with Gasteiger partial charge in [0.15, 0.2) is 0 Å². The fourth-order valence-corrected chi connectivity index (χ4v) is 4.31. The maximum atomic E-state index is 11.1. The zero-order chi connectivity index (χ0) is 32.4. The Kier molecular flexibility index (Phi) is 28.0. The van der Waals surface area contributed by atoms with Crippen LogP contribution in [0.2, 0.25) is 0 Å². The Balaban J connectivity index is -0.000000572. The minimum atomic E-state index is -3.18. The molecule has 242 valence electrons. The molecule has 0 heterocycles. The maximum absolute atomic E-state index is 11.1. The van der Waals surface area contributed by atoms with E-state index in [-0.39, 0.29) is 141 Å². The summed E-state index contributed by atoms with van der Waals surface area (Å²) >= 11 is 6.61. The molecule has 2 aliphatic carbocycles. The van der Waals surface area contributed by atoms with Crippen molar-refractivity contribution in [2.45, 2.75) is 38.5 Å². The predicted octanol–water partition coefficient (Wildman–Crippen LogP) is -2.25. The van der Waals surface area contributed by atoms with Crippen LogP contribution in [-0.4, -0.2) is 65.6 Å². The number of rotatable bonds is 11. The van der Waals surface area contributed by atoms with Gasteiger partial charge in [0.05, 0.1) is 55.5 Å². The Bertz CT molecular complexity index is 1300. The van der Waals surface area contributed by atoms with Gasteiger partial charge in [-0.15, -0.1) is 0 Å². The molecule has 0 unspecified atom stereocenters. The van der Waals surface area contributed by atoms with Crippen LogP contribution in [0, 0.1) is 11.8 Å². The summed E-state index contributed by atoms with van der Waals surface area (Å²) < 4.78 is 41.5. The number of ether oxygens (including phenoxy) is 3. The quantitative estimate of drug-likeness (QED) is 0.0645. The van der Waals surface area contributed by atoms with Gasteiger partial charge in [-0.25, -0.2) is 0 Å². The summed E-state index contributed by atoms with van der Waals surface area (Å²) in [4.78, 5) is 33.3. The third kappa shape index (κ3) is 25.2. The van der Waals surface area contributed by atoms with Crippen LogP contribution in [0.4, 0.5) is 0 Å². The van der Waals surface area contributed by atoms with Crippen LogP contribution in [-0.2, 0) is 55.9 Å². The Hall–Kier alpha value is 0.553. The third-order valence-corrected chi connectivity index (χ3v) is 7.41. The van der Waals surface area contributed by atoms with E-state index in [1.165, 1.54) is 33.1 Å². The van der Waals surface area contributed by atoms with E-state index < -0.39 is 10.1 Å². The van der Waals surface area contributed by atoms with Crippen LogP contribution in [0.3, 0.4) is 0 Å². The van der Waals surface area contributed by atoms with Crippen LogP contribution in [0.5, 0.6) is 11.5 Å². The summed E-state index contributed by atoms with van der Waals surface area (Å²) in [6.45, 7) is 0.994. The Morgan fingerprint density at radius 1 is 0.911 bits per heavy atom. The first-order valence-corrected chi connectivity index (χ1v) is 16.3. The summed E-state index contributed by atoms with van der Waals surface area (Å²) in [5.41, 5.74) is 1.72. The van der Waals surface area contributed by atoms with Crippen molar-refractivity contribution in [3.05, 3.63) is 56.5 Å². The van der Waals surface area contributed by atoms with E-state index in [2.05, 4.69) is 50.4 Å². The zero-order valence-corrected chi connectivity index (χ0v) is 36.2. The van der Waals surface area contributed by atoms with Crippen molar-refractivity contribution in [3.8, 4) is 11.5 Å². The van der Waals surface area contributed by atoms with Crippen molar-refractivity contribution in [1.29, 1.82) is 0 Å². The summed E-state index contributed by atoms with van der Waals surface area (Å²) in [6.07, 6.45) is 6.38. The van der Waals surface area contributed by atoms with Crippen LogP contribution in [0.25, 0.3) is 0 Å². The van der Waals surface area contributed by atoms with Crippen LogP contribution in [0.1, 0.15) is 38.2 Å². The van der Waals surface area contributed by atoms with Crippen molar-refractivity contribution in [2.75, 3.05) is 33.7 Å². The molecule has 0 amide bonds. The number of methoxy groups -OCH3 is 2. The van der Waals surface area contributed by atoms with Gasteiger partial charge in [-0.2, -0.15) is 8.42 Å². The number of benzene rings is 2. The number of phenols is 1. The van der Waals surface area contributed by atoms with Crippen molar-refractivity contribution in [2.24, 2.45) is 11.8 Å². The number of carbonyl (C=O) groups is 3. The second-order valence-electron chi connectivity index (χ2n) is 9.44. The standard InChI is InChI=1S/C13H15BrO3.C9H9BrO3.C5H10O3S.CH2O3.2K.H/c1-16-13(15)7-10-4-5-12(11(14)6-10)17-8-9-2-3-9;1-13-9(12)5-6-2-3-8(11)7(10)4-6;1-9(6,7)8-4-5-2-3-5;2-1-4-3;;;/h4-6,9H,2-3,7-8H2,1H3;2-4,11H,5H2,1H3;5H,2-4H2,1H3;1,3H;;;/q;;;;2*+1;-1/p-1. The second kappa shape index (κ2) is 26.4. The number of aromatic hydroxyl groups is 1. The molecule has 0 spiro atoms. The Morgan fingerprint density at radius 3 is 1.73 bits per heavy atom. The summed E-state index contributed by atoms with van der Waals surface area (Å²) in [7, 11) is -0.441. The number of hydrogen-bond acceptors (Lipinski definition) is 12. The van der Waals surface area contributed by atoms with Crippen LogP contribution in [0.15, 0.2) is 45.3 Å². The molecule has 2 fully saturated rings. The first-order valence-electron chi connectivity index (χ1n) is 12.9. The van der Waals surface area contributed by atoms with Gasteiger partial charge in [0, 0.05) is 0 Å². The predicted molar refractivity (Wildman–Crippen MR) is 161 cm³/mol. The number of esters is 2. The van der Waals surface area contributed by atoms with E-state index in [0.29, 0.717) is 17.0 Å². The van der Waals surface area contributed by atoms with Gasteiger partial charge in [0.2, 0.25) is 0 Å². The van der Waals surface area contributed by atoms with Crippen molar-refractivity contribution in [3.63, 3.8) is 0 Å². The van der Waals surface area contributed by atoms with Gasteiger partial charge in [-0.1, -0.05) is 12.1 Å². The average Bonchev–Trinajstić information content (AvgIpc) is 3.89. The van der Waals surface area contributed by atoms with Gasteiger partial charge in [0.1, 0.15) is 11.5 Å². The minimum Gasteiger partial charge on any atom is -1.00 e. The first-order chi connectivity index (χ1) is 20.3. The molecule has 2 aromatic carbocycles. The van der Waals surface area contributed by atoms with Crippen LogP contribution < -0.4 is 113 Å². The molecule has 45 heavy (non-hydrogen) atoms. The third-order valence-electron chi connectivity index (χ3n) is 5.59. The largest absolute Gasteiger partial charge is 1.00 e. The molecule has 12 nitrogen and oxygen atoms in total. The average molecular weight is 835 g/mol. The molecule has 2 saturated carbocycles. The molecular weight excluding hydrogens is 798 g/mol. The summed E-state index contributed by atoms with van der Waals surface area (Å²) in [6, 6.07) is 10.6. The van der Waals surface area contributed by atoms with E-state index in [1.807, 2.05) is 18.2 Å². The molecule has 2 aliphatic rings. The fourth-order valence-electron chi connectivity index (χ4n) is 2.91. The second-order valence-corrected chi connectivity index (χ2v) is 12.8. The molecule has 0 radical (unpaired) electrons. The molecular formula is C28H36Br2K2O12S. The van der Waals surface area contributed by atoms with E-state index in [4.69, 9.17) is 14.8 Å². The fraction of sp³-hybridized carbons (Fsp3) is 0.464. The van der Waals surface area contributed by atoms with Crippen LogP contribution >= 0.6 is 31.9 Å². The smallest absolute Gasteiger partial charge is 1.00 e.